The second kappa shape index (κ2) is 6.31. The summed E-state index contributed by atoms with van der Waals surface area (Å²) in [6.07, 6.45) is 0. The molecule has 0 unspecified atom stereocenters. The monoisotopic (exact) mass is 248 g/mol. The molecule has 4 heteroatoms. The molecule has 0 heterocycles. The molecule has 0 radical (unpaired) electrons. The van der Waals surface area contributed by atoms with Crippen molar-refractivity contribution in [3.63, 3.8) is 0 Å². The number of benzene rings is 1. The maximum absolute atomic E-state index is 12.2. The largest absolute Gasteiger partial charge is 0.369 e. The molecule has 1 amide bonds. The topological polar surface area (TPSA) is 63.4 Å². The minimum Gasteiger partial charge on any atom is -0.369 e. The van der Waals surface area contributed by atoms with Gasteiger partial charge in [-0.15, -0.1) is 0 Å². The van der Waals surface area contributed by atoms with Gasteiger partial charge in [-0.1, -0.05) is 24.3 Å². The standard InChI is InChI=1S/C14H20N2O2/c1-10(2)16(9-14(15)18)8-13(17)12-7-5-4-6-11(12)3/h4-7,10H,8-9H2,1-3H3,(H2,15,18). The van der Waals surface area contributed by atoms with E-state index in [1.165, 1.54) is 0 Å². The number of hydrogen-bond acceptors (Lipinski definition) is 3. The van der Waals surface area contributed by atoms with E-state index in [0.717, 1.165) is 5.56 Å². The number of Topliss-reactive ketones (excluding diaryl/α,β-unsaturated/α-hetero) is 1. The van der Waals surface area contributed by atoms with Crippen molar-refractivity contribution in [2.24, 2.45) is 5.73 Å². The van der Waals surface area contributed by atoms with Crippen molar-refractivity contribution in [1.82, 2.24) is 4.90 Å². The summed E-state index contributed by atoms with van der Waals surface area (Å²) in [7, 11) is 0. The van der Waals surface area contributed by atoms with E-state index in [0.29, 0.717) is 5.56 Å². The van der Waals surface area contributed by atoms with Gasteiger partial charge in [-0.2, -0.15) is 0 Å². The maximum atomic E-state index is 12.2. The molecule has 98 valence electrons. The number of rotatable bonds is 6. The quantitative estimate of drug-likeness (QED) is 0.773. The molecule has 4 nitrogen and oxygen atoms in total. The third kappa shape index (κ3) is 3.96. The van der Waals surface area contributed by atoms with Crippen LogP contribution in [-0.4, -0.2) is 35.7 Å². The molecular weight excluding hydrogens is 228 g/mol. The predicted molar refractivity (Wildman–Crippen MR) is 71.4 cm³/mol. The molecule has 0 fully saturated rings. The maximum Gasteiger partial charge on any atom is 0.231 e. The highest BCUT2D eigenvalue weighted by molar-refractivity contribution is 5.99. The minimum absolute atomic E-state index is 0.0167. The van der Waals surface area contributed by atoms with Gasteiger partial charge in [0, 0.05) is 11.6 Å². The number of ketones is 1. The Morgan fingerprint density at radius 2 is 1.83 bits per heavy atom. The Bertz CT molecular complexity index is 441. The third-order valence-corrected chi connectivity index (χ3v) is 2.88. The molecule has 2 N–H and O–H groups in total. The zero-order valence-electron chi connectivity index (χ0n) is 11.1. The Balaban J connectivity index is 2.79. The van der Waals surface area contributed by atoms with Crippen LogP contribution in [0.4, 0.5) is 0 Å². The minimum atomic E-state index is -0.415. The summed E-state index contributed by atoms with van der Waals surface area (Å²) in [5.74, 6) is -0.399. The van der Waals surface area contributed by atoms with Gasteiger partial charge in [-0.05, 0) is 26.3 Å². The zero-order valence-corrected chi connectivity index (χ0v) is 11.1. The molecule has 0 aliphatic rings. The van der Waals surface area contributed by atoms with Gasteiger partial charge in [0.1, 0.15) is 0 Å². The first-order valence-electron chi connectivity index (χ1n) is 6.03. The molecule has 18 heavy (non-hydrogen) atoms. The summed E-state index contributed by atoms with van der Waals surface area (Å²) in [5, 5.41) is 0. The van der Waals surface area contributed by atoms with Crippen molar-refractivity contribution in [1.29, 1.82) is 0 Å². The number of primary amides is 1. The van der Waals surface area contributed by atoms with Gasteiger partial charge < -0.3 is 5.73 Å². The molecule has 1 aromatic rings. The first-order chi connectivity index (χ1) is 8.41. The fraction of sp³-hybridized carbons (Fsp3) is 0.429. The van der Waals surface area contributed by atoms with Crippen molar-refractivity contribution in [3.05, 3.63) is 35.4 Å². The molecule has 0 saturated heterocycles. The van der Waals surface area contributed by atoms with E-state index < -0.39 is 5.91 Å². The normalized spacial score (nSPS) is 10.9. The lowest BCUT2D eigenvalue weighted by Crippen LogP contribution is -2.41. The molecule has 1 aromatic carbocycles. The van der Waals surface area contributed by atoms with Crippen LogP contribution >= 0.6 is 0 Å². The van der Waals surface area contributed by atoms with Gasteiger partial charge in [0.25, 0.3) is 0 Å². The highest BCUT2D eigenvalue weighted by Gasteiger charge is 2.17. The van der Waals surface area contributed by atoms with Gasteiger partial charge >= 0.3 is 0 Å². The van der Waals surface area contributed by atoms with E-state index >= 15 is 0 Å². The van der Waals surface area contributed by atoms with Crippen LogP contribution in [0, 0.1) is 6.92 Å². The highest BCUT2D eigenvalue weighted by Crippen LogP contribution is 2.09. The van der Waals surface area contributed by atoms with Crippen LogP contribution in [0.2, 0.25) is 0 Å². The van der Waals surface area contributed by atoms with Gasteiger partial charge in [0.2, 0.25) is 5.91 Å². The van der Waals surface area contributed by atoms with Crippen LogP contribution in [0.3, 0.4) is 0 Å². The predicted octanol–water partition coefficient (Wildman–Crippen LogP) is 1.37. The van der Waals surface area contributed by atoms with Crippen LogP contribution in [0.25, 0.3) is 0 Å². The average molecular weight is 248 g/mol. The van der Waals surface area contributed by atoms with Crippen LogP contribution in [0.5, 0.6) is 0 Å². The van der Waals surface area contributed by atoms with E-state index in [2.05, 4.69) is 0 Å². The fourth-order valence-corrected chi connectivity index (χ4v) is 1.78. The molecule has 0 spiro atoms. The van der Waals surface area contributed by atoms with Crippen molar-refractivity contribution < 1.29 is 9.59 Å². The highest BCUT2D eigenvalue weighted by atomic mass is 16.1. The second-order valence-electron chi connectivity index (χ2n) is 4.70. The SMILES string of the molecule is Cc1ccccc1C(=O)CN(CC(N)=O)C(C)C. The van der Waals surface area contributed by atoms with Gasteiger partial charge in [0.05, 0.1) is 13.1 Å². The number of carbonyl (C=O) groups excluding carboxylic acids is 2. The van der Waals surface area contributed by atoms with E-state index in [9.17, 15) is 9.59 Å². The van der Waals surface area contributed by atoms with Crippen molar-refractivity contribution in [2.75, 3.05) is 13.1 Å². The lowest BCUT2D eigenvalue weighted by molar-refractivity contribution is -0.119. The third-order valence-electron chi connectivity index (χ3n) is 2.88. The van der Waals surface area contributed by atoms with Gasteiger partial charge in [-0.3, -0.25) is 14.5 Å². The van der Waals surface area contributed by atoms with Gasteiger partial charge in [0.15, 0.2) is 5.78 Å². The summed E-state index contributed by atoms with van der Waals surface area (Å²) in [5.41, 5.74) is 6.83. The number of aryl methyl sites for hydroxylation is 1. The summed E-state index contributed by atoms with van der Waals surface area (Å²) in [6, 6.07) is 7.55. The zero-order chi connectivity index (χ0) is 13.7. The average Bonchev–Trinajstić information content (AvgIpc) is 2.27. The number of carbonyl (C=O) groups is 2. The van der Waals surface area contributed by atoms with Crippen molar-refractivity contribution in [3.8, 4) is 0 Å². The Morgan fingerprint density at radius 1 is 1.22 bits per heavy atom. The Hall–Kier alpha value is -1.68. The van der Waals surface area contributed by atoms with Crippen molar-refractivity contribution >= 4 is 11.7 Å². The molecule has 0 aromatic heterocycles. The summed E-state index contributed by atoms with van der Waals surface area (Å²) < 4.78 is 0. The van der Waals surface area contributed by atoms with Crippen LogP contribution < -0.4 is 5.73 Å². The van der Waals surface area contributed by atoms with E-state index in [1.54, 1.807) is 11.0 Å². The second-order valence-corrected chi connectivity index (χ2v) is 4.70. The smallest absolute Gasteiger partial charge is 0.231 e. The summed E-state index contributed by atoms with van der Waals surface area (Å²) in [6.45, 7) is 6.10. The Morgan fingerprint density at radius 3 is 2.33 bits per heavy atom. The molecular formula is C14H20N2O2. The molecule has 1 rings (SSSR count). The van der Waals surface area contributed by atoms with Crippen LogP contribution in [0.15, 0.2) is 24.3 Å². The Labute approximate surface area is 108 Å². The molecule has 0 bridgehead atoms. The number of nitrogens with zero attached hydrogens (tertiary/aromatic N) is 1. The number of hydrogen-bond donors (Lipinski definition) is 1. The molecule has 0 aliphatic heterocycles. The lowest BCUT2D eigenvalue weighted by atomic mass is 10.0. The van der Waals surface area contributed by atoms with Crippen LogP contribution in [-0.2, 0) is 4.79 Å². The van der Waals surface area contributed by atoms with Crippen molar-refractivity contribution in [2.45, 2.75) is 26.8 Å². The van der Waals surface area contributed by atoms with E-state index in [-0.39, 0.29) is 24.9 Å². The first kappa shape index (κ1) is 14.4. The fourth-order valence-electron chi connectivity index (χ4n) is 1.78. The number of nitrogens with two attached hydrogens (primary N) is 1. The van der Waals surface area contributed by atoms with E-state index in [4.69, 9.17) is 5.73 Å². The van der Waals surface area contributed by atoms with Gasteiger partial charge in [-0.25, -0.2) is 0 Å². The summed E-state index contributed by atoms with van der Waals surface area (Å²) >= 11 is 0. The molecule has 0 saturated carbocycles. The molecule has 0 aliphatic carbocycles. The first-order valence-corrected chi connectivity index (χ1v) is 6.03. The Kier molecular flexibility index (Phi) is 5.04. The number of amides is 1. The molecule has 0 atom stereocenters. The lowest BCUT2D eigenvalue weighted by Gasteiger charge is -2.24. The van der Waals surface area contributed by atoms with E-state index in [1.807, 2.05) is 39.0 Å². The van der Waals surface area contributed by atoms with Crippen LogP contribution in [0.1, 0.15) is 29.8 Å². The summed E-state index contributed by atoms with van der Waals surface area (Å²) in [4.78, 5) is 24.9.